The van der Waals surface area contributed by atoms with Gasteiger partial charge in [-0.25, -0.2) is 0 Å². The molecule has 8 aliphatic carbocycles. The third-order valence-electron chi connectivity index (χ3n) is 27.2. The Bertz CT molecular complexity index is 4660. The van der Waals surface area contributed by atoms with E-state index in [0.717, 1.165) is 22.2 Å². The number of fused-ring (bicyclic) bond motifs is 16. The molecule has 0 aliphatic heterocycles. The molecule has 0 radical (unpaired) electrons. The van der Waals surface area contributed by atoms with Gasteiger partial charge in [0, 0.05) is 89.5 Å². The molecule has 20 rings (SSSR count). The molecule has 4 heterocycles. The summed E-state index contributed by atoms with van der Waals surface area (Å²) >= 11 is -0.826. The van der Waals surface area contributed by atoms with Crippen LogP contribution in [0.15, 0.2) is 267 Å². The van der Waals surface area contributed by atoms with E-state index in [1.807, 2.05) is 0 Å². The average molecular weight is 1500 g/mol. The summed E-state index contributed by atoms with van der Waals surface area (Å²) in [7, 11) is 6.27. The Labute approximate surface area is 631 Å². The second-order valence-corrected chi connectivity index (χ2v) is 46.5. The van der Waals surface area contributed by atoms with Crippen LogP contribution in [0.5, 0.6) is 0 Å². The molecule has 4 saturated carbocycles. The van der Waals surface area contributed by atoms with Crippen molar-refractivity contribution in [3.8, 4) is 0 Å². The quantitative estimate of drug-likeness (QED) is 0.107. The van der Waals surface area contributed by atoms with Crippen LogP contribution in [0.1, 0.15) is 53.4 Å². The molecule has 9 heteroatoms. The summed E-state index contributed by atoms with van der Waals surface area (Å²) < 4.78 is 10.5. The van der Waals surface area contributed by atoms with Crippen LogP contribution in [0.2, 0.25) is 48.4 Å². The van der Waals surface area contributed by atoms with Gasteiger partial charge in [0.25, 0.3) is 0 Å². The first-order valence-electron chi connectivity index (χ1n) is 37.7. The molecule has 0 spiro atoms. The molecule has 4 aromatic heterocycles. The van der Waals surface area contributed by atoms with Crippen molar-refractivity contribution < 1.29 is 20.8 Å². The minimum absolute atomic E-state index is 0. The molecule has 0 bridgehead atoms. The molecule has 0 amide bonds. The van der Waals surface area contributed by atoms with Crippen LogP contribution >= 0.6 is 17.0 Å². The Balaban J connectivity index is 0.000000150. The Kier molecular flexibility index (Phi) is 18.8. The standard InChI is InChI=1S/2C46H46N2Si.2CH3.2ClH.Zr/c2*1-29-27-37-35(19-13-25-43(37)47-39-21-9-5-15-31(39)32-16-6-10-22-40(32)47)45(29)49(3,4)46-30(2)28-38-36(46)20-14-26-44(38)48-41-23-11-7-17-33(41)34-18-8-12-24-42(34)48;;;;;/h2*5-26,29-30,35-38,45-46H,27-28H2,1-4H3;2*1H3;2*1H;/q;;2*-1;;;+4/p-2. The normalized spacial score (nSPS) is 28.2. The van der Waals surface area contributed by atoms with Gasteiger partial charge in [0.05, 0.1) is 60.3 Å². The molecule has 0 N–H and O–H groups in total. The first-order valence-corrected chi connectivity index (χ1v) is 50.4. The van der Waals surface area contributed by atoms with Gasteiger partial charge in [-0.05, 0) is 168 Å². The van der Waals surface area contributed by atoms with Gasteiger partial charge in [0.2, 0.25) is 0 Å². The fourth-order valence-electron chi connectivity index (χ4n) is 24.4. The van der Waals surface area contributed by atoms with Gasteiger partial charge in [-0.2, -0.15) is 0 Å². The zero-order valence-electron chi connectivity index (χ0n) is 61.5. The van der Waals surface area contributed by atoms with Crippen molar-refractivity contribution in [2.45, 2.75) is 102 Å². The summed E-state index contributed by atoms with van der Waals surface area (Å²) in [4.78, 5) is 0. The maximum absolute atomic E-state index is 4.93. The van der Waals surface area contributed by atoms with E-state index < -0.39 is 37.0 Å². The van der Waals surface area contributed by atoms with Crippen LogP contribution in [0.25, 0.3) is 110 Å². The van der Waals surface area contributed by atoms with Crippen molar-refractivity contribution in [3.05, 3.63) is 282 Å². The second-order valence-electron chi connectivity index (χ2n) is 32.8. The van der Waals surface area contributed by atoms with Crippen molar-refractivity contribution in [2.75, 3.05) is 0 Å². The maximum atomic E-state index is 4.93. The molecule has 16 unspecified atom stereocenters. The summed E-state index contributed by atoms with van der Waals surface area (Å²) in [6.07, 6.45) is 35.1. The van der Waals surface area contributed by atoms with E-state index in [-0.39, 0.29) is 14.9 Å². The molecular weight excluding hydrogens is 1400 g/mol. The van der Waals surface area contributed by atoms with E-state index >= 15 is 0 Å². The van der Waals surface area contributed by atoms with Gasteiger partial charge in [0.15, 0.2) is 0 Å². The van der Waals surface area contributed by atoms with Gasteiger partial charge in [-0.15, -0.1) is 0 Å². The van der Waals surface area contributed by atoms with E-state index in [1.165, 1.54) is 136 Å². The van der Waals surface area contributed by atoms with Gasteiger partial charge < -0.3 is 33.1 Å². The van der Waals surface area contributed by atoms with Gasteiger partial charge >= 0.3 is 37.9 Å². The number of hydrogen-bond donors (Lipinski definition) is 0. The van der Waals surface area contributed by atoms with E-state index in [4.69, 9.17) is 17.0 Å². The van der Waals surface area contributed by atoms with Crippen molar-refractivity contribution in [2.24, 2.45) is 71.0 Å². The fourth-order valence-corrected chi connectivity index (χ4v) is 37.0. The Morgan fingerprint density at radius 1 is 0.282 bits per heavy atom. The average Bonchev–Trinajstić information content (AvgIpc) is 1.58. The first-order chi connectivity index (χ1) is 49.3. The predicted octanol–water partition coefficient (Wildman–Crippen LogP) is 27.1. The fraction of sp³-hybridized carbons (Fsp3) is 0.298. The third kappa shape index (κ3) is 11.0. The van der Waals surface area contributed by atoms with Gasteiger partial charge in [-0.1, -0.05) is 248 Å². The summed E-state index contributed by atoms with van der Waals surface area (Å²) in [5, 5.41) is 10.9. The SMILES string of the molecule is CC1CC2C(n3c4ccccc4c4ccccc43)=CC=CC2C1[Si](C)(C)C1C(C)CC2C(n3c4ccccc4c4ccccc43)=CC=CC21.CC1CC2C(n3c4ccccc4c4ccccc43)=CC=CC2C1[Si](C)(C)C1C(C)CC2C(n3c4ccccc4c4ccccc43)=CC=CC21.[CH3-].[CH3-].[Cl][Zr+2][Cl]. The first kappa shape index (κ1) is 70.1. The molecule has 8 aromatic carbocycles. The number of para-hydroxylation sites is 8. The molecule has 16 atom stereocenters. The zero-order valence-corrected chi connectivity index (χ0v) is 67.5. The molecule has 520 valence electrons. The van der Waals surface area contributed by atoms with Crippen LogP contribution < -0.4 is 0 Å². The Hall–Kier alpha value is -7.22. The summed E-state index contributed by atoms with van der Waals surface area (Å²) in [6.45, 7) is 21.6. The Morgan fingerprint density at radius 2 is 0.437 bits per heavy atom. The zero-order chi connectivity index (χ0) is 68.7. The van der Waals surface area contributed by atoms with Crippen LogP contribution in [0.4, 0.5) is 0 Å². The van der Waals surface area contributed by atoms with E-state index in [9.17, 15) is 0 Å². The number of halogens is 2. The van der Waals surface area contributed by atoms with Gasteiger partial charge in [0.1, 0.15) is 0 Å². The number of aromatic nitrogens is 4. The number of hydrogen-bond acceptors (Lipinski definition) is 0. The molecule has 12 aromatic rings. The van der Waals surface area contributed by atoms with Crippen molar-refractivity contribution in [1.29, 1.82) is 0 Å². The topological polar surface area (TPSA) is 19.7 Å². The van der Waals surface area contributed by atoms with Crippen LogP contribution in [0, 0.1) is 85.9 Å². The number of benzene rings is 8. The molecule has 103 heavy (non-hydrogen) atoms. The van der Waals surface area contributed by atoms with E-state index in [2.05, 4.69) is 339 Å². The molecule has 4 nitrogen and oxygen atoms in total. The second kappa shape index (κ2) is 27.6. The summed E-state index contributed by atoms with van der Waals surface area (Å²) in [5.41, 5.74) is 19.8. The molecule has 8 aliphatic rings. The number of allylic oxidation sites excluding steroid dienone is 16. The molecule has 0 saturated heterocycles. The van der Waals surface area contributed by atoms with E-state index in [1.54, 1.807) is 0 Å². The van der Waals surface area contributed by atoms with Gasteiger partial charge in [-0.3, -0.25) is 0 Å². The Morgan fingerprint density at radius 3 is 0.602 bits per heavy atom. The number of nitrogens with zero attached hydrogens (tertiary/aromatic N) is 4. The van der Waals surface area contributed by atoms with Crippen LogP contribution in [-0.4, -0.2) is 34.4 Å². The van der Waals surface area contributed by atoms with Crippen LogP contribution in [0.3, 0.4) is 0 Å². The van der Waals surface area contributed by atoms with Crippen molar-refractivity contribution in [1.82, 2.24) is 18.3 Å². The summed E-state index contributed by atoms with van der Waals surface area (Å²) in [5.74, 6) is 7.46. The van der Waals surface area contributed by atoms with Crippen LogP contribution in [-0.2, 0) is 20.8 Å². The van der Waals surface area contributed by atoms with Crippen molar-refractivity contribution in [3.63, 3.8) is 0 Å². The third-order valence-corrected chi connectivity index (χ3v) is 37.9. The van der Waals surface area contributed by atoms with Crippen molar-refractivity contribution >= 4 is 143 Å². The predicted molar refractivity (Wildman–Crippen MR) is 449 cm³/mol. The number of rotatable bonds is 8. The van der Waals surface area contributed by atoms with E-state index in [0.29, 0.717) is 71.0 Å². The molecular formula is C94H98Cl2N4Si2Zr. The minimum atomic E-state index is -1.80. The monoisotopic (exact) mass is 1500 g/mol. The molecule has 4 fully saturated rings. The summed E-state index contributed by atoms with van der Waals surface area (Å²) in [6, 6.07) is 72.3.